The van der Waals surface area contributed by atoms with E-state index in [1.54, 1.807) is 0 Å². The van der Waals surface area contributed by atoms with Gasteiger partial charge in [-0.05, 0) is 57.5 Å². The van der Waals surface area contributed by atoms with Crippen molar-refractivity contribution in [1.82, 2.24) is 10.2 Å². The summed E-state index contributed by atoms with van der Waals surface area (Å²) in [5.74, 6) is 1.16. The SMILES string of the molecule is CC(C)c1ccccc1O[C@@H](C)C(=O)NC1CCN(C)CC1. The zero-order valence-electron chi connectivity index (χ0n) is 14.1. The minimum absolute atomic E-state index is 0.0203. The summed E-state index contributed by atoms with van der Waals surface area (Å²) in [6, 6.07) is 8.22. The van der Waals surface area contributed by atoms with E-state index in [4.69, 9.17) is 4.74 Å². The molecule has 122 valence electrons. The van der Waals surface area contributed by atoms with Gasteiger partial charge in [0.15, 0.2) is 6.10 Å². The summed E-state index contributed by atoms with van der Waals surface area (Å²) < 4.78 is 5.91. The first-order chi connectivity index (χ1) is 10.5. The highest BCUT2D eigenvalue weighted by Gasteiger charge is 2.22. The van der Waals surface area contributed by atoms with Crippen LogP contribution in [0.1, 0.15) is 45.1 Å². The van der Waals surface area contributed by atoms with E-state index in [-0.39, 0.29) is 11.9 Å². The van der Waals surface area contributed by atoms with E-state index < -0.39 is 6.10 Å². The fourth-order valence-electron chi connectivity index (χ4n) is 2.78. The predicted molar refractivity (Wildman–Crippen MR) is 89.3 cm³/mol. The Morgan fingerprint density at radius 2 is 1.86 bits per heavy atom. The van der Waals surface area contributed by atoms with Crippen LogP contribution < -0.4 is 10.1 Å². The van der Waals surface area contributed by atoms with Gasteiger partial charge in [0.05, 0.1) is 0 Å². The fraction of sp³-hybridized carbons (Fsp3) is 0.611. The molecule has 0 aromatic heterocycles. The second-order valence-electron chi connectivity index (χ2n) is 6.54. The van der Waals surface area contributed by atoms with Crippen molar-refractivity contribution in [2.24, 2.45) is 0 Å². The fourth-order valence-corrected chi connectivity index (χ4v) is 2.78. The zero-order valence-corrected chi connectivity index (χ0v) is 14.1. The summed E-state index contributed by atoms with van der Waals surface area (Å²) in [7, 11) is 2.12. The lowest BCUT2D eigenvalue weighted by atomic mass is 10.0. The Labute approximate surface area is 133 Å². The summed E-state index contributed by atoms with van der Waals surface area (Å²) in [6.07, 6.45) is 1.55. The molecule has 1 aromatic rings. The lowest BCUT2D eigenvalue weighted by molar-refractivity contribution is -0.128. The normalized spacial score (nSPS) is 18.2. The van der Waals surface area contributed by atoms with Gasteiger partial charge >= 0.3 is 0 Å². The van der Waals surface area contributed by atoms with E-state index in [0.717, 1.165) is 37.2 Å². The first-order valence-corrected chi connectivity index (χ1v) is 8.22. The van der Waals surface area contributed by atoms with Gasteiger partial charge in [-0.2, -0.15) is 0 Å². The van der Waals surface area contributed by atoms with E-state index in [9.17, 15) is 4.79 Å². The quantitative estimate of drug-likeness (QED) is 0.909. The number of rotatable bonds is 5. The Morgan fingerprint density at radius 1 is 1.23 bits per heavy atom. The van der Waals surface area contributed by atoms with Crippen molar-refractivity contribution in [3.8, 4) is 5.75 Å². The standard InChI is InChI=1S/C18H28N2O2/c1-13(2)16-7-5-6-8-17(16)22-14(3)18(21)19-15-9-11-20(4)12-10-15/h5-8,13-15H,9-12H2,1-4H3,(H,19,21)/t14-/m0/s1. The van der Waals surface area contributed by atoms with E-state index in [1.807, 2.05) is 25.1 Å². The molecular weight excluding hydrogens is 276 g/mol. The molecule has 1 saturated heterocycles. The molecule has 0 spiro atoms. The summed E-state index contributed by atoms with van der Waals surface area (Å²) >= 11 is 0. The van der Waals surface area contributed by atoms with E-state index in [1.165, 1.54) is 0 Å². The summed E-state index contributed by atoms with van der Waals surface area (Å²) in [5.41, 5.74) is 1.14. The topological polar surface area (TPSA) is 41.6 Å². The van der Waals surface area contributed by atoms with Crippen molar-refractivity contribution in [3.05, 3.63) is 29.8 Å². The maximum Gasteiger partial charge on any atom is 0.260 e. The van der Waals surface area contributed by atoms with Crippen molar-refractivity contribution < 1.29 is 9.53 Å². The highest BCUT2D eigenvalue weighted by Crippen LogP contribution is 2.26. The average Bonchev–Trinajstić information content (AvgIpc) is 2.49. The number of benzene rings is 1. The Kier molecular flexibility index (Phi) is 5.83. The molecule has 1 heterocycles. The minimum Gasteiger partial charge on any atom is -0.481 e. The number of piperidine rings is 1. The molecule has 1 aliphatic rings. The minimum atomic E-state index is -0.473. The number of nitrogens with one attached hydrogen (secondary N) is 1. The summed E-state index contributed by atoms with van der Waals surface area (Å²) in [5, 5.41) is 3.12. The van der Waals surface area contributed by atoms with E-state index in [2.05, 4.69) is 37.2 Å². The molecule has 1 fully saturated rings. The van der Waals surface area contributed by atoms with Crippen LogP contribution in [-0.2, 0) is 4.79 Å². The smallest absolute Gasteiger partial charge is 0.260 e. The van der Waals surface area contributed by atoms with Crippen molar-refractivity contribution in [2.45, 2.75) is 51.7 Å². The van der Waals surface area contributed by atoms with Crippen LogP contribution in [0.15, 0.2) is 24.3 Å². The van der Waals surface area contributed by atoms with Crippen molar-refractivity contribution in [2.75, 3.05) is 20.1 Å². The lowest BCUT2D eigenvalue weighted by Crippen LogP contribution is -2.47. The Morgan fingerprint density at radius 3 is 2.50 bits per heavy atom. The van der Waals surface area contributed by atoms with Crippen molar-refractivity contribution in [1.29, 1.82) is 0 Å². The monoisotopic (exact) mass is 304 g/mol. The molecular formula is C18H28N2O2. The molecule has 1 N–H and O–H groups in total. The largest absolute Gasteiger partial charge is 0.481 e. The van der Waals surface area contributed by atoms with Crippen LogP contribution in [0.3, 0.4) is 0 Å². The number of amides is 1. The van der Waals surface area contributed by atoms with Gasteiger partial charge in [0.2, 0.25) is 0 Å². The second-order valence-corrected chi connectivity index (χ2v) is 6.54. The Bertz CT molecular complexity index is 494. The molecule has 0 radical (unpaired) electrons. The molecule has 2 rings (SSSR count). The molecule has 1 amide bonds. The number of likely N-dealkylation sites (tertiary alicyclic amines) is 1. The van der Waals surface area contributed by atoms with Crippen LogP contribution in [-0.4, -0.2) is 43.1 Å². The number of nitrogens with zero attached hydrogens (tertiary/aromatic N) is 1. The second kappa shape index (κ2) is 7.63. The first-order valence-electron chi connectivity index (χ1n) is 8.22. The number of carbonyl (C=O) groups excluding carboxylic acids is 1. The van der Waals surface area contributed by atoms with Gasteiger partial charge in [0.25, 0.3) is 5.91 Å². The molecule has 1 aromatic carbocycles. The highest BCUT2D eigenvalue weighted by molar-refractivity contribution is 5.81. The molecule has 4 nitrogen and oxygen atoms in total. The molecule has 22 heavy (non-hydrogen) atoms. The predicted octanol–water partition coefficient (Wildman–Crippen LogP) is 2.79. The van der Waals surface area contributed by atoms with E-state index in [0.29, 0.717) is 5.92 Å². The molecule has 0 unspecified atom stereocenters. The summed E-state index contributed by atoms with van der Waals surface area (Å²) in [4.78, 5) is 14.6. The third-order valence-corrected chi connectivity index (χ3v) is 4.28. The average molecular weight is 304 g/mol. The van der Waals surface area contributed by atoms with Gasteiger partial charge < -0.3 is 15.0 Å². The van der Waals surface area contributed by atoms with Crippen LogP contribution in [0.4, 0.5) is 0 Å². The molecule has 4 heteroatoms. The lowest BCUT2D eigenvalue weighted by Gasteiger charge is -2.30. The van der Waals surface area contributed by atoms with Crippen molar-refractivity contribution in [3.63, 3.8) is 0 Å². The Hall–Kier alpha value is -1.55. The number of hydrogen-bond acceptors (Lipinski definition) is 3. The Balaban J connectivity index is 1.91. The van der Waals surface area contributed by atoms with Gasteiger partial charge in [-0.1, -0.05) is 32.0 Å². The van der Waals surface area contributed by atoms with Crippen LogP contribution in [0.2, 0.25) is 0 Å². The zero-order chi connectivity index (χ0) is 16.1. The maximum atomic E-state index is 12.3. The van der Waals surface area contributed by atoms with Crippen LogP contribution in [0, 0.1) is 0 Å². The molecule has 0 saturated carbocycles. The molecule has 1 atom stereocenters. The van der Waals surface area contributed by atoms with Gasteiger partial charge in [-0.25, -0.2) is 0 Å². The van der Waals surface area contributed by atoms with Gasteiger partial charge in [-0.3, -0.25) is 4.79 Å². The van der Waals surface area contributed by atoms with Gasteiger partial charge in [-0.15, -0.1) is 0 Å². The van der Waals surface area contributed by atoms with E-state index >= 15 is 0 Å². The van der Waals surface area contributed by atoms with Crippen molar-refractivity contribution >= 4 is 5.91 Å². The van der Waals surface area contributed by atoms with Crippen LogP contribution in [0.5, 0.6) is 5.75 Å². The number of hydrogen-bond donors (Lipinski definition) is 1. The van der Waals surface area contributed by atoms with Crippen LogP contribution >= 0.6 is 0 Å². The highest BCUT2D eigenvalue weighted by atomic mass is 16.5. The van der Waals surface area contributed by atoms with Crippen LogP contribution in [0.25, 0.3) is 0 Å². The maximum absolute atomic E-state index is 12.3. The number of para-hydroxylation sites is 1. The third-order valence-electron chi connectivity index (χ3n) is 4.28. The molecule has 1 aliphatic heterocycles. The third kappa shape index (κ3) is 4.47. The summed E-state index contributed by atoms with van der Waals surface area (Å²) in [6.45, 7) is 8.16. The number of ether oxygens (including phenoxy) is 1. The number of carbonyl (C=O) groups is 1. The van der Waals surface area contributed by atoms with Gasteiger partial charge in [0, 0.05) is 6.04 Å². The van der Waals surface area contributed by atoms with Gasteiger partial charge in [0.1, 0.15) is 5.75 Å². The first kappa shape index (κ1) is 16.8. The molecule has 0 bridgehead atoms. The molecule has 0 aliphatic carbocycles.